The van der Waals surface area contributed by atoms with E-state index in [9.17, 15) is 37.5 Å². The van der Waals surface area contributed by atoms with E-state index in [1.54, 1.807) is 29.3 Å². The molecule has 3 fully saturated rings. The van der Waals surface area contributed by atoms with Crippen LogP contribution < -0.4 is 25.2 Å². The fraction of sp³-hybridized carbons (Fsp3) is 0.347. The van der Waals surface area contributed by atoms with E-state index < -0.39 is 46.1 Å². The van der Waals surface area contributed by atoms with E-state index in [1.807, 2.05) is 50.2 Å². The van der Waals surface area contributed by atoms with Crippen molar-refractivity contribution in [2.45, 2.75) is 81.7 Å². The number of piperidine rings is 3. The van der Waals surface area contributed by atoms with E-state index in [0.29, 0.717) is 75.9 Å². The number of aromatic nitrogens is 3. The molecule has 0 spiro atoms. The molecule has 18 nitrogen and oxygen atoms in total. The van der Waals surface area contributed by atoms with Crippen LogP contribution in [0.4, 0.5) is 17.2 Å². The minimum atomic E-state index is -3.86. The number of ether oxygens (including phenoxy) is 1. The standard InChI is InChI=1S/C49H47ClN8O10S2/c1-49(2)21-29(53-28-6-3-5-27(19-28)44-42(50)43(68-24-40(60)61)45(69-44)48(64)65)15-18-57(49)70(66,67)25-30-22-51-35-23-52-38(20-34(35)54-30)56-16-13-26(14-17-56)31-9-10-36-41-32(31)7-4-8-33(41)47(63)58(36)37-11-12-39(59)55-46(37)62/h3-10,19-20,22-23,26,29,37,53H,11-18,21,24-25H2,1-2H3,(H,60,61)(H,64,65)(H,55,59,62). The molecular weight excluding hydrogens is 960 g/mol. The molecule has 4 N–H and O–H groups in total. The van der Waals surface area contributed by atoms with Gasteiger partial charge in [0.15, 0.2) is 17.2 Å². The van der Waals surface area contributed by atoms with Crippen molar-refractivity contribution in [1.29, 1.82) is 0 Å². The summed E-state index contributed by atoms with van der Waals surface area (Å²) in [5.41, 5.74) is 4.31. The fourth-order valence-electron chi connectivity index (χ4n) is 10.5. The molecule has 4 aliphatic rings. The number of sulfonamides is 1. The van der Waals surface area contributed by atoms with E-state index in [0.717, 1.165) is 40.5 Å². The minimum Gasteiger partial charge on any atom is -0.479 e. The molecule has 2 atom stereocenters. The second kappa shape index (κ2) is 18.2. The van der Waals surface area contributed by atoms with Gasteiger partial charge in [-0.3, -0.25) is 29.6 Å². The zero-order valence-corrected chi connectivity index (χ0v) is 40.4. The molecule has 3 aromatic heterocycles. The molecule has 3 amide bonds. The summed E-state index contributed by atoms with van der Waals surface area (Å²) in [7, 11) is -3.86. The predicted octanol–water partition coefficient (Wildman–Crippen LogP) is 7.06. The van der Waals surface area contributed by atoms with Crippen molar-refractivity contribution in [3.63, 3.8) is 0 Å². The normalized spacial score (nSPS) is 19.7. The van der Waals surface area contributed by atoms with Crippen molar-refractivity contribution in [2.75, 3.05) is 41.4 Å². The zero-order valence-electron chi connectivity index (χ0n) is 38.0. The van der Waals surface area contributed by atoms with E-state index in [1.165, 1.54) is 10.5 Å². The van der Waals surface area contributed by atoms with Gasteiger partial charge in [-0.05, 0) is 92.6 Å². The highest BCUT2D eigenvalue weighted by Gasteiger charge is 2.43. The van der Waals surface area contributed by atoms with E-state index in [4.69, 9.17) is 31.4 Å². The first kappa shape index (κ1) is 47.0. The van der Waals surface area contributed by atoms with Gasteiger partial charge in [0.1, 0.15) is 28.2 Å². The summed E-state index contributed by atoms with van der Waals surface area (Å²) in [4.78, 5) is 79.4. The lowest BCUT2D eigenvalue weighted by Gasteiger charge is -2.44. The molecule has 10 rings (SSSR count). The van der Waals surface area contributed by atoms with Gasteiger partial charge in [-0.2, -0.15) is 4.31 Å². The second-order valence-electron chi connectivity index (χ2n) is 18.6. The van der Waals surface area contributed by atoms with Crippen LogP contribution in [0.1, 0.15) is 89.6 Å². The number of carbonyl (C=O) groups is 5. The maximum atomic E-state index is 14.2. The summed E-state index contributed by atoms with van der Waals surface area (Å²) < 4.78 is 35.1. The van der Waals surface area contributed by atoms with Crippen LogP contribution in [0.25, 0.3) is 32.2 Å². The zero-order chi connectivity index (χ0) is 49.2. The summed E-state index contributed by atoms with van der Waals surface area (Å²) in [5, 5.41) is 26.5. The highest BCUT2D eigenvalue weighted by molar-refractivity contribution is 7.88. The lowest BCUT2D eigenvalue weighted by molar-refractivity contribution is -0.139. The average Bonchev–Trinajstić information content (AvgIpc) is 3.81. The number of thiophene rings is 1. The quantitative estimate of drug-likeness (QED) is 0.0847. The highest BCUT2D eigenvalue weighted by atomic mass is 35.5. The van der Waals surface area contributed by atoms with Crippen LogP contribution >= 0.6 is 22.9 Å². The number of carboxylic acid groups (broad SMARTS) is 2. The van der Waals surface area contributed by atoms with Crippen LogP contribution in [0.5, 0.6) is 5.75 Å². The Morgan fingerprint density at radius 2 is 1.74 bits per heavy atom. The highest BCUT2D eigenvalue weighted by Crippen LogP contribution is 2.47. The van der Waals surface area contributed by atoms with Gasteiger partial charge in [0, 0.05) is 60.3 Å². The number of carbonyl (C=O) groups excluding carboxylic acids is 3. The molecule has 0 radical (unpaired) electrons. The molecule has 0 bridgehead atoms. The number of aliphatic carboxylic acids is 1. The van der Waals surface area contributed by atoms with Gasteiger partial charge in [0.25, 0.3) is 5.91 Å². The van der Waals surface area contributed by atoms with Gasteiger partial charge >= 0.3 is 11.9 Å². The number of benzene rings is 3. The maximum absolute atomic E-state index is 14.2. The first-order valence-corrected chi connectivity index (χ1v) is 25.6. The van der Waals surface area contributed by atoms with E-state index >= 15 is 0 Å². The largest absolute Gasteiger partial charge is 0.479 e. The molecular formula is C49H47ClN8O10S2. The first-order chi connectivity index (χ1) is 33.5. The summed E-state index contributed by atoms with van der Waals surface area (Å²) in [5.74, 6) is -3.23. The third-order valence-electron chi connectivity index (χ3n) is 13.6. The van der Waals surface area contributed by atoms with Crippen molar-refractivity contribution >= 4 is 102 Å². The van der Waals surface area contributed by atoms with Gasteiger partial charge in [-0.25, -0.2) is 28.0 Å². The van der Waals surface area contributed by atoms with Crippen molar-refractivity contribution in [3.8, 4) is 16.2 Å². The Morgan fingerprint density at radius 1 is 0.957 bits per heavy atom. The summed E-state index contributed by atoms with van der Waals surface area (Å²) >= 11 is 7.42. The predicted molar refractivity (Wildman–Crippen MR) is 263 cm³/mol. The summed E-state index contributed by atoms with van der Waals surface area (Å²) in [6.07, 6.45) is 6.20. The lowest BCUT2D eigenvalue weighted by Crippen LogP contribution is -2.55. The van der Waals surface area contributed by atoms with Gasteiger partial charge in [-0.1, -0.05) is 41.9 Å². The molecule has 362 valence electrons. The van der Waals surface area contributed by atoms with Gasteiger partial charge in [0.05, 0.1) is 34.2 Å². The Morgan fingerprint density at radius 3 is 2.49 bits per heavy atom. The van der Waals surface area contributed by atoms with Crippen LogP contribution in [-0.2, 0) is 30.2 Å². The molecule has 7 heterocycles. The Balaban J connectivity index is 0.788. The number of rotatable bonds is 13. The molecule has 0 aliphatic carbocycles. The topological polar surface area (TPSA) is 242 Å². The fourth-order valence-corrected chi connectivity index (χ4v) is 13.8. The average molecular weight is 1010 g/mol. The molecule has 3 aromatic carbocycles. The Hall–Kier alpha value is -6.74. The molecule has 3 saturated heterocycles. The number of carboxylic acids is 2. The third-order valence-corrected chi connectivity index (χ3v) is 17.3. The number of imide groups is 1. The van der Waals surface area contributed by atoms with Crippen LogP contribution in [0.15, 0.2) is 73.1 Å². The molecule has 0 saturated carbocycles. The Labute approximate surface area is 410 Å². The van der Waals surface area contributed by atoms with Gasteiger partial charge in [0.2, 0.25) is 21.8 Å². The number of hydrogen-bond donors (Lipinski definition) is 4. The number of aromatic carboxylic acids is 1. The Bertz CT molecular complexity index is 3280. The maximum Gasteiger partial charge on any atom is 0.349 e. The summed E-state index contributed by atoms with van der Waals surface area (Å²) in [6, 6.07) is 17.9. The van der Waals surface area contributed by atoms with E-state index in [-0.39, 0.29) is 64.6 Å². The third kappa shape index (κ3) is 8.77. The number of fused-ring (bicyclic) bond motifs is 1. The van der Waals surface area contributed by atoms with E-state index in [2.05, 4.69) is 26.6 Å². The van der Waals surface area contributed by atoms with Crippen LogP contribution in [0.3, 0.4) is 0 Å². The Kier molecular flexibility index (Phi) is 12.2. The molecule has 21 heteroatoms. The van der Waals surface area contributed by atoms with Gasteiger partial charge < -0.3 is 25.2 Å². The monoisotopic (exact) mass is 1010 g/mol. The van der Waals surface area contributed by atoms with Crippen LogP contribution in [0.2, 0.25) is 5.02 Å². The first-order valence-electron chi connectivity index (χ1n) is 22.8. The van der Waals surface area contributed by atoms with Crippen LogP contribution in [0, 0.1) is 0 Å². The van der Waals surface area contributed by atoms with Crippen molar-refractivity contribution in [2.24, 2.45) is 0 Å². The van der Waals surface area contributed by atoms with Crippen molar-refractivity contribution in [3.05, 3.63) is 99.8 Å². The summed E-state index contributed by atoms with van der Waals surface area (Å²) in [6.45, 7) is 4.68. The number of nitrogens with zero attached hydrogens (tertiary/aromatic N) is 6. The minimum absolute atomic E-state index is 0.00150. The molecule has 2 unspecified atom stereocenters. The van der Waals surface area contributed by atoms with Crippen molar-refractivity contribution in [1.82, 2.24) is 24.6 Å². The molecule has 4 aliphatic heterocycles. The number of hydrogen-bond acceptors (Lipinski definition) is 14. The number of nitrogens with one attached hydrogen (secondary N) is 2. The number of halogens is 1. The number of amides is 3. The molecule has 70 heavy (non-hydrogen) atoms. The smallest absolute Gasteiger partial charge is 0.349 e. The van der Waals surface area contributed by atoms with Crippen molar-refractivity contribution < 1.29 is 47.3 Å². The van der Waals surface area contributed by atoms with Gasteiger partial charge in [-0.15, -0.1) is 11.3 Å². The number of anilines is 3. The second-order valence-corrected chi connectivity index (χ2v) is 21.9. The van der Waals surface area contributed by atoms with Crippen LogP contribution in [-0.4, -0.2) is 111 Å². The SMILES string of the molecule is CC1(C)CC(Nc2cccc(-c3sc(C(=O)O)c(OCC(=O)O)c3Cl)c2)CCN1S(=O)(=O)Cc1cnc2cnc(N3CCC(c4ccc5c6c(cccc46)C(=O)N5C4CCC(=O)NC4=O)CC3)cc2n1. The molecule has 6 aromatic rings. The number of pyridine rings is 1. The lowest BCUT2D eigenvalue weighted by atomic mass is 9.85.